The van der Waals surface area contributed by atoms with Crippen LogP contribution in [0.15, 0.2) is 4.99 Å². The lowest BCUT2D eigenvalue weighted by atomic mass is 10.3. The van der Waals surface area contributed by atoms with E-state index in [1.807, 2.05) is 12.4 Å². The van der Waals surface area contributed by atoms with E-state index in [0.29, 0.717) is 11.2 Å². The van der Waals surface area contributed by atoms with E-state index >= 15 is 0 Å². The second-order valence-corrected chi connectivity index (χ2v) is 4.10. The molecule has 0 heterocycles. The molecule has 13 heavy (non-hydrogen) atoms. The third-order valence-electron chi connectivity index (χ3n) is 1.49. The highest BCUT2D eigenvalue weighted by atomic mass is 32.2. The fraction of sp³-hybridized carbons (Fsp3) is 0.750. The van der Waals surface area contributed by atoms with Gasteiger partial charge in [0.2, 0.25) is 0 Å². The third-order valence-corrected chi connectivity index (χ3v) is 2.80. The Morgan fingerprint density at radius 1 is 1.62 bits per heavy atom. The smallest absolute Gasteiger partial charge is 0.183 e. The molecule has 0 saturated carbocycles. The summed E-state index contributed by atoms with van der Waals surface area (Å²) >= 11 is 3.25. The van der Waals surface area contributed by atoms with Crippen molar-refractivity contribution in [1.29, 1.82) is 5.26 Å². The molecule has 0 aromatic rings. The first-order valence-corrected chi connectivity index (χ1v) is 6.66. The second kappa shape index (κ2) is 8.27. The first-order valence-electron chi connectivity index (χ1n) is 4.04. The summed E-state index contributed by atoms with van der Waals surface area (Å²) in [6, 6.07) is 0.318. The largest absolute Gasteiger partial charge is 0.272 e. The van der Waals surface area contributed by atoms with Crippen LogP contribution < -0.4 is 5.32 Å². The first kappa shape index (κ1) is 12.7. The van der Waals surface area contributed by atoms with Crippen LogP contribution >= 0.6 is 23.5 Å². The third kappa shape index (κ3) is 5.83. The predicted octanol–water partition coefficient (Wildman–Crippen LogP) is 1.92. The fourth-order valence-electron chi connectivity index (χ4n) is 0.788. The molecule has 0 aromatic carbocycles. The van der Waals surface area contributed by atoms with Gasteiger partial charge in [-0.1, -0.05) is 18.7 Å². The van der Waals surface area contributed by atoms with E-state index in [0.717, 1.165) is 12.2 Å². The van der Waals surface area contributed by atoms with Crippen molar-refractivity contribution in [3.8, 4) is 6.19 Å². The van der Waals surface area contributed by atoms with Gasteiger partial charge in [0, 0.05) is 5.75 Å². The summed E-state index contributed by atoms with van der Waals surface area (Å²) in [5.74, 6) is 1.01. The maximum atomic E-state index is 8.42. The SMILES string of the molecule is CCC(CSC)N=C(NC#N)SC. The average molecular weight is 217 g/mol. The van der Waals surface area contributed by atoms with E-state index in [2.05, 4.69) is 23.5 Å². The summed E-state index contributed by atoms with van der Waals surface area (Å²) in [5.41, 5.74) is 0. The molecule has 5 heteroatoms. The van der Waals surface area contributed by atoms with Gasteiger partial charge in [-0.2, -0.15) is 17.0 Å². The molecule has 1 atom stereocenters. The van der Waals surface area contributed by atoms with Gasteiger partial charge in [-0.15, -0.1) is 0 Å². The molecule has 0 rings (SSSR count). The normalized spacial score (nSPS) is 13.5. The van der Waals surface area contributed by atoms with Crippen LogP contribution in [0.1, 0.15) is 13.3 Å². The lowest BCUT2D eigenvalue weighted by molar-refractivity contribution is 0.727. The fourth-order valence-corrected chi connectivity index (χ4v) is 1.89. The summed E-state index contributed by atoms with van der Waals surface area (Å²) < 4.78 is 0. The summed E-state index contributed by atoms with van der Waals surface area (Å²) in [6.07, 6.45) is 6.87. The average Bonchev–Trinajstić information content (AvgIpc) is 2.16. The van der Waals surface area contributed by atoms with Crippen molar-refractivity contribution < 1.29 is 0 Å². The lowest BCUT2D eigenvalue weighted by Gasteiger charge is -2.09. The molecule has 0 radical (unpaired) electrons. The van der Waals surface area contributed by atoms with Crippen LogP contribution in [0.4, 0.5) is 0 Å². The molecule has 1 unspecified atom stereocenters. The molecule has 0 aliphatic heterocycles. The van der Waals surface area contributed by atoms with E-state index < -0.39 is 0 Å². The molecule has 0 saturated heterocycles. The maximum absolute atomic E-state index is 8.42. The van der Waals surface area contributed by atoms with E-state index in [9.17, 15) is 0 Å². The zero-order valence-electron chi connectivity index (χ0n) is 8.20. The van der Waals surface area contributed by atoms with Gasteiger partial charge in [-0.25, -0.2) is 0 Å². The van der Waals surface area contributed by atoms with Gasteiger partial charge in [0.15, 0.2) is 11.4 Å². The van der Waals surface area contributed by atoms with Crippen LogP contribution in [0.25, 0.3) is 0 Å². The number of nitrogens with zero attached hydrogens (tertiary/aromatic N) is 2. The van der Waals surface area contributed by atoms with Gasteiger partial charge in [0.05, 0.1) is 6.04 Å². The quantitative estimate of drug-likeness (QED) is 0.338. The molecule has 0 amide bonds. The highest BCUT2D eigenvalue weighted by Gasteiger charge is 2.04. The van der Waals surface area contributed by atoms with Gasteiger partial charge >= 0.3 is 0 Å². The summed E-state index contributed by atoms with van der Waals surface area (Å²) in [7, 11) is 0. The van der Waals surface area contributed by atoms with Gasteiger partial charge in [-0.05, 0) is 18.9 Å². The Hall–Kier alpha value is -0.340. The molecular formula is C8H15N3S2. The summed E-state index contributed by atoms with van der Waals surface area (Å²) in [5, 5.41) is 11.7. The van der Waals surface area contributed by atoms with Gasteiger partial charge in [0.1, 0.15) is 0 Å². The minimum Gasteiger partial charge on any atom is -0.272 e. The Morgan fingerprint density at radius 2 is 2.31 bits per heavy atom. The van der Waals surface area contributed by atoms with Crippen molar-refractivity contribution in [2.24, 2.45) is 4.99 Å². The number of rotatable bonds is 4. The zero-order chi connectivity index (χ0) is 10.1. The number of nitrogens with one attached hydrogen (secondary N) is 1. The van der Waals surface area contributed by atoms with E-state index in [1.165, 1.54) is 11.8 Å². The van der Waals surface area contributed by atoms with Gasteiger partial charge < -0.3 is 0 Å². The van der Waals surface area contributed by atoms with E-state index in [4.69, 9.17) is 5.26 Å². The number of aliphatic imine (C=N–C) groups is 1. The molecule has 1 N–H and O–H groups in total. The first-order chi connectivity index (χ1) is 6.28. The maximum Gasteiger partial charge on any atom is 0.183 e. The number of amidine groups is 1. The van der Waals surface area contributed by atoms with Crippen molar-refractivity contribution in [2.45, 2.75) is 19.4 Å². The number of hydrogen-bond acceptors (Lipinski definition) is 4. The molecule has 74 valence electrons. The van der Waals surface area contributed by atoms with Crippen molar-refractivity contribution in [3.05, 3.63) is 0 Å². The Bertz CT molecular complexity index is 198. The minimum absolute atomic E-state index is 0.318. The Kier molecular flexibility index (Phi) is 8.05. The van der Waals surface area contributed by atoms with Crippen LogP contribution in [0, 0.1) is 11.5 Å². The molecule has 0 aliphatic rings. The molecule has 0 fully saturated rings. The molecule has 0 aliphatic carbocycles. The number of thioether (sulfide) groups is 2. The van der Waals surface area contributed by atoms with Crippen LogP contribution in [0.5, 0.6) is 0 Å². The van der Waals surface area contributed by atoms with Crippen LogP contribution in [0.3, 0.4) is 0 Å². The molecule has 0 aromatic heterocycles. The molecule has 3 nitrogen and oxygen atoms in total. The predicted molar refractivity (Wildman–Crippen MR) is 62.2 cm³/mol. The standard InChI is InChI=1S/C8H15N3S2/c1-4-7(5-12-2)11-8(13-3)10-6-9/h7H,4-5H2,1-3H3,(H,10,11). The van der Waals surface area contributed by atoms with Crippen LogP contribution in [0.2, 0.25) is 0 Å². The van der Waals surface area contributed by atoms with E-state index in [-0.39, 0.29) is 0 Å². The van der Waals surface area contributed by atoms with Crippen molar-refractivity contribution >= 4 is 28.7 Å². The monoisotopic (exact) mass is 217 g/mol. The topological polar surface area (TPSA) is 48.2 Å². The minimum atomic E-state index is 0.318. The van der Waals surface area contributed by atoms with Crippen molar-refractivity contribution in [2.75, 3.05) is 18.3 Å². The highest BCUT2D eigenvalue weighted by Crippen LogP contribution is 2.07. The van der Waals surface area contributed by atoms with Gasteiger partial charge in [0.25, 0.3) is 0 Å². The Morgan fingerprint density at radius 3 is 2.69 bits per heavy atom. The number of hydrogen-bond donors (Lipinski definition) is 1. The second-order valence-electron chi connectivity index (χ2n) is 2.39. The summed E-state index contributed by atoms with van der Waals surface area (Å²) in [4.78, 5) is 4.42. The highest BCUT2D eigenvalue weighted by molar-refractivity contribution is 8.13. The van der Waals surface area contributed by atoms with Gasteiger partial charge in [-0.3, -0.25) is 10.3 Å². The number of nitriles is 1. The van der Waals surface area contributed by atoms with E-state index in [1.54, 1.807) is 11.8 Å². The summed E-state index contributed by atoms with van der Waals surface area (Å²) in [6.45, 7) is 2.11. The Labute approximate surface area is 88.4 Å². The Balaban J connectivity index is 4.18. The zero-order valence-corrected chi connectivity index (χ0v) is 9.84. The molecule has 0 spiro atoms. The molecule has 0 bridgehead atoms. The molecular weight excluding hydrogens is 202 g/mol. The van der Waals surface area contributed by atoms with Crippen LogP contribution in [-0.2, 0) is 0 Å². The lowest BCUT2D eigenvalue weighted by Crippen LogP contribution is -2.18. The van der Waals surface area contributed by atoms with Crippen molar-refractivity contribution in [1.82, 2.24) is 5.32 Å². The van der Waals surface area contributed by atoms with Crippen molar-refractivity contribution in [3.63, 3.8) is 0 Å². The van der Waals surface area contributed by atoms with Crippen LogP contribution in [-0.4, -0.2) is 29.5 Å².